The van der Waals surface area contributed by atoms with E-state index in [2.05, 4.69) is 137 Å². The molecular weight excluding hydrogens is 513 g/mol. The molecule has 6 unspecified atom stereocenters. The van der Waals surface area contributed by atoms with Gasteiger partial charge in [0.25, 0.3) is 0 Å². The van der Waals surface area contributed by atoms with Crippen molar-refractivity contribution in [1.29, 1.82) is 0 Å². The van der Waals surface area contributed by atoms with Crippen molar-refractivity contribution < 1.29 is 0 Å². The first-order valence-electron chi connectivity index (χ1n) is 13.9. The number of pyridine rings is 1. The molecule has 4 heteroatoms. The molecule has 8 rings (SSSR count). The first kappa shape index (κ1) is 23.7. The van der Waals surface area contributed by atoms with E-state index in [1.54, 1.807) is 10.5 Å². The van der Waals surface area contributed by atoms with Crippen LogP contribution >= 0.6 is 23.5 Å². The van der Waals surface area contributed by atoms with Crippen LogP contribution in [0.25, 0.3) is 5.57 Å². The number of nitrogens with zero attached hydrogens (tertiary/aromatic N) is 1. The molecule has 0 aromatic carbocycles. The number of hydrogen-bond donors (Lipinski definition) is 1. The van der Waals surface area contributed by atoms with Gasteiger partial charge in [-0.15, -0.1) is 29.3 Å². The average Bonchev–Trinajstić information content (AvgIpc) is 3.52. The summed E-state index contributed by atoms with van der Waals surface area (Å²) in [5.74, 6) is 0.362. The Morgan fingerprint density at radius 3 is 2.87 bits per heavy atom. The van der Waals surface area contributed by atoms with Gasteiger partial charge < -0.3 is 4.98 Å². The highest BCUT2D eigenvalue weighted by atomic mass is 32.2. The van der Waals surface area contributed by atoms with Gasteiger partial charge in [0.1, 0.15) is 0 Å². The maximum Gasteiger partial charge on any atom is 0.0558 e. The van der Waals surface area contributed by atoms with Gasteiger partial charge in [0, 0.05) is 57.3 Å². The Balaban J connectivity index is 1.36. The lowest BCUT2D eigenvalue weighted by molar-refractivity contribution is 0.354. The number of allylic oxidation sites excluding steroid dienone is 11. The van der Waals surface area contributed by atoms with E-state index in [1.807, 2.05) is 18.6 Å². The number of hydrogen-bond acceptors (Lipinski definition) is 3. The van der Waals surface area contributed by atoms with Crippen LogP contribution in [-0.4, -0.2) is 25.7 Å². The van der Waals surface area contributed by atoms with Crippen LogP contribution in [0.2, 0.25) is 0 Å². The molecule has 6 aliphatic rings. The van der Waals surface area contributed by atoms with E-state index < -0.39 is 0 Å². The molecule has 6 atom stereocenters. The molecule has 2 aliphatic heterocycles. The standard InChI is InChI=1S/C35H30N2S2/c1-34(24-15-19-36-20-16-24)17-14-28-33(22-34)39-31-11-5-3-8-26(31)35(28)25-7-2-4-10-30(25)38-32-21-23(12-13-27(32)35)29-9-6-18-37-29/h2-10,12,14-21,25,30-32,37H,11,22H2,1H3. The van der Waals surface area contributed by atoms with E-state index in [0.717, 1.165) is 12.8 Å². The molecule has 0 radical (unpaired) electrons. The number of nitrogens with one attached hydrogen (secondary N) is 1. The minimum Gasteiger partial charge on any atom is -0.361 e. The highest BCUT2D eigenvalue weighted by molar-refractivity contribution is 8.04. The van der Waals surface area contributed by atoms with E-state index >= 15 is 0 Å². The maximum atomic E-state index is 4.29. The Morgan fingerprint density at radius 2 is 2.00 bits per heavy atom. The number of aromatic nitrogens is 2. The predicted molar refractivity (Wildman–Crippen MR) is 165 cm³/mol. The summed E-state index contributed by atoms with van der Waals surface area (Å²) < 4.78 is 0. The third kappa shape index (κ3) is 3.48. The molecule has 39 heavy (non-hydrogen) atoms. The van der Waals surface area contributed by atoms with Crippen LogP contribution in [-0.2, 0) is 5.41 Å². The molecule has 1 N–H and O–H groups in total. The van der Waals surface area contributed by atoms with Crippen LogP contribution in [0.15, 0.2) is 137 Å². The van der Waals surface area contributed by atoms with E-state index in [9.17, 15) is 0 Å². The molecular formula is C35H30N2S2. The molecule has 0 bridgehead atoms. The minimum absolute atomic E-state index is 0.0380. The van der Waals surface area contributed by atoms with Crippen molar-refractivity contribution in [2.45, 2.75) is 40.9 Å². The minimum atomic E-state index is -0.192. The van der Waals surface area contributed by atoms with Crippen molar-refractivity contribution in [3.63, 3.8) is 0 Å². The summed E-state index contributed by atoms with van der Waals surface area (Å²) in [4.78, 5) is 9.26. The average molecular weight is 543 g/mol. The Bertz CT molecular complexity index is 1620. The molecule has 1 saturated heterocycles. The molecule has 0 saturated carbocycles. The monoisotopic (exact) mass is 542 g/mol. The number of fused-ring (bicyclic) bond motifs is 7. The van der Waals surface area contributed by atoms with Crippen molar-refractivity contribution in [3.8, 4) is 0 Å². The topological polar surface area (TPSA) is 28.7 Å². The van der Waals surface area contributed by atoms with Crippen molar-refractivity contribution in [1.82, 2.24) is 9.97 Å². The fraction of sp³-hybridized carbons (Fsp3) is 0.257. The van der Waals surface area contributed by atoms with Gasteiger partial charge in [0.2, 0.25) is 0 Å². The third-order valence-electron chi connectivity index (χ3n) is 9.28. The van der Waals surface area contributed by atoms with Crippen LogP contribution in [0.1, 0.15) is 31.0 Å². The van der Waals surface area contributed by atoms with Gasteiger partial charge in [-0.3, -0.25) is 4.98 Å². The molecule has 2 nitrogen and oxygen atoms in total. The molecule has 192 valence electrons. The lowest BCUT2D eigenvalue weighted by Gasteiger charge is -2.58. The first-order chi connectivity index (χ1) is 19.2. The first-order valence-corrected chi connectivity index (χ1v) is 15.7. The van der Waals surface area contributed by atoms with Gasteiger partial charge >= 0.3 is 0 Å². The van der Waals surface area contributed by atoms with Crippen molar-refractivity contribution in [3.05, 3.63) is 148 Å². The molecule has 1 spiro atoms. The summed E-state index contributed by atoms with van der Waals surface area (Å²) >= 11 is 4.20. The normalized spacial score (nSPS) is 35.6. The highest BCUT2D eigenvalue weighted by Crippen LogP contribution is 2.68. The van der Waals surface area contributed by atoms with Gasteiger partial charge in [-0.2, -0.15) is 0 Å². The number of aromatic amines is 1. The van der Waals surface area contributed by atoms with Gasteiger partial charge in [0.05, 0.1) is 10.7 Å². The third-order valence-corrected chi connectivity index (χ3v) is 12.1. The molecule has 0 amide bonds. The summed E-state index contributed by atoms with van der Waals surface area (Å²) in [5.41, 5.74) is 12.0. The number of rotatable bonds is 2. The van der Waals surface area contributed by atoms with Crippen LogP contribution in [0.5, 0.6) is 0 Å². The Hall–Kier alpha value is -3.17. The summed E-state index contributed by atoms with van der Waals surface area (Å²) in [6, 6.07) is 8.61. The maximum absolute atomic E-state index is 4.29. The predicted octanol–water partition coefficient (Wildman–Crippen LogP) is 8.27. The summed E-state index contributed by atoms with van der Waals surface area (Å²) in [7, 11) is 0. The molecule has 1 fully saturated rings. The zero-order valence-corrected chi connectivity index (χ0v) is 23.5. The fourth-order valence-electron chi connectivity index (χ4n) is 7.45. The van der Waals surface area contributed by atoms with Crippen LogP contribution < -0.4 is 0 Å². The lowest BCUT2D eigenvalue weighted by atomic mass is 9.54. The van der Waals surface area contributed by atoms with Crippen LogP contribution in [0, 0.1) is 11.3 Å². The van der Waals surface area contributed by atoms with Gasteiger partial charge in [-0.05, 0) is 64.8 Å². The second kappa shape index (κ2) is 8.93. The van der Waals surface area contributed by atoms with Crippen molar-refractivity contribution in [2.75, 3.05) is 0 Å². The van der Waals surface area contributed by atoms with E-state index in [1.165, 1.54) is 28.0 Å². The quantitative estimate of drug-likeness (QED) is 0.387. The van der Waals surface area contributed by atoms with Crippen LogP contribution in [0.4, 0.5) is 0 Å². The summed E-state index contributed by atoms with van der Waals surface area (Å²) in [6.07, 6.45) is 34.2. The molecule has 4 heterocycles. The highest BCUT2D eigenvalue weighted by Gasteiger charge is 2.59. The number of thioether (sulfide) groups is 2. The van der Waals surface area contributed by atoms with Gasteiger partial charge in [-0.25, -0.2) is 0 Å². The Morgan fingerprint density at radius 1 is 1.10 bits per heavy atom. The summed E-state index contributed by atoms with van der Waals surface area (Å²) in [5, 5.41) is 1.14. The SMILES string of the molecule is CC1(c2ccncc2)C=CC2=C(C1)SC1CC=CC=C1C21C2=C=CC(c3ccc[nH]3)=CC2SC2C=CC=CC21. The molecule has 2 aromatic rings. The van der Waals surface area contributed by atoms with E-state index in [4.69, 9.17) is 0 Å². The lowest BCUT2D eigenvalue weighted by Crippen LogP contribution is -2.51. The number of H-pyrrole nitrogens is 1. The largest absolute Gasteiger partial charge is 0.361 e. The van der Waals surface area contributed by atoms with Crippen molar-refractivity contribution >= 4 is 29.1 Å². The zero-order chi connectivity index (χ0) is 26.0. The van der Waals surface area contributed by atoms with E-state index in [-0.39, 0.29) is 16.1 Å². The smallest absolute Gasteiger partial charge is 0.0558 e. The molecule has 4 aliphatic carbocycles. The summed E-state index contributed by atoms with van der Waals surface area (Å²) in [6.45, 7) is 2.39. The van der Waals surface area contributed by atoms with Gasteiger partial charge in [-0.1, -0.05) is 67.7 Å². The van der Waals surface area contributed by atoms with E-state index in [0.29, 0.717) is 16.4 Å². The second-order valence-electron chi connectivity index (χ2n) is 11.4. The second-order valence-corrected chi connectivity index (χ2v) is 14.0. The molecule has 2 aromatic heterocycles. The fourth-order valence-corrected chi connectivity index (χ4v) is 10.7. The van der Waals surface area contributed by atoms with Crippen LogP contribution in [0.3, 0.4) is 0 Å². The Kier molecular flexibility index (Phi) is 5.42. The zero-order valence-electron chi connectivity index (χ0n) is 21.9. The van der Waals surface area contributed by atoms with Crippen molar-refractivity contribution in [2.24, 2.45) is 11.3 Å². The Labute approximate surface area is 238 Å². The van der Waals surface area contributed by atoms with Gasteiger partial charge in [0.15, 0.2) is 0 Å².